The molecule has 1 aliphatic heterocycles. The number of hydrogen-bond donors (Lipinski definition) is 1. The largest absolute Gasteiger partial charge is 0.513 e. The summed E-state index contributed by atoms with van der Waals surface area (Å²) in [5, 5.41) is 4.42. The lowest BCUT2D eigenvalue weighted by atomic mass is 10.1. The Morgan fingerprint density at radius 3 is 2.70 bits per heavy atom. The maximum Gasteiger partial charge on any atom is 0.513 e. The van der Waals surface area contributed by atoms with Crippen LogP contribution in [0.2, 0.25) is 0 Å². The fourth-order valence-electron chi connectivity index (χ4n) is 2.44. The molecule has 1 amide bonds. The molecule has 0 aliphatic carbocycles. The molecule has 1 aromatic carbocycles. The van der Waals surface area contributed by atoms with Gasteiger partial charge >= 0.3 is 6.16 Å². The minimum atomic E-state index is -4.01. The first-order chi connectivity index (χ1) is 12.9. The fourth-order valence-corrected chi connectivity index (χ4v) is 4.35. The summed E-state index contributed by atoms with van der Waals surface area (Å²) in [5.74, 6) is -1.000. The SMILES string of the molecule is CCOC(=O)OC1=C(C(=O)Nc2nccs2)N(C)S(=O)(=O)c2ccccc21. The van der Waals surface area contributed by atoms with Crippen LogP contribution in [0.25, 0.3) is 5.76 Å². The van der Waals surface area contributed by atoms with Gasteiger partial charge < -0.3 is 9.47 Å². The topological polar surface area (TPSA) is 115 Å². The first kappa shape index (κ1) is 18.9. The number of nitrogens with one attached hydrogen (secondary N) is 1. The van der Waals surface area contributed by atoms with Crippen LogP contribution in [0.3, 0.4) is 0 Å². The highest BCUT2D eigenvalue weighted by molar-refractivity contribution is 7.89. The normalized spacial score (nSPS) is 15.1. The lowest BCUT2D eigenvalue weighted by Crippen LogP contribution is -2.38. The highest BCUT2D eigenvalue weighted by atomic mass is 32.2. The molecular formula is C16H15N3O6S2. The van der Waals surface area contributed by atoms with Gasteiger partial charge in [0.05, 0.1) is 11.5 Å². The van der Waals surface area contributed by atoms with Crippen LogP contribution >= 0.6 is 11.3 Å². The van der Waals surface area contributed by atoms with E-state index in [-0.39, 0.29) is 33.7 Å². The molecule has 0 spiro atoms. The van der Waals surface area contributed by atoms with Crippen LogP contribution in [0, 0.1) is 0 Å². The molecule has 0 unspecified atom stereocenters. The number of anilines is 1. The molecular weight excluding hydrogens is 394 g/mol. The number of amides is 1. The molecule has 0 atom stereocenters. The lowest BCUT2D eigenvalue weighted by molar-refractivity contribution is -0.113. The number of hydrogen-bond acceptors (Lipinski definition) is 8. The smallest absolute Gasteiger partial charge is 0.434 e. The second kappa shape index (κ2) is 7.37. The first-order valence-electron chi connectivity index (χ1n) is 7.74. The molecule has 142 valence electrons. The number of benzene rings is 1. The lowest BCUT2D eigenvalue weighted by Gasteiger charge is -2.29. The summed E-state index contributed by atoms with van der Waals surface area (Å²) in [6, 6.07) is 5.92. The number of carbonyl (C=O) groups is 2. The summed E-state index contributed by atoms with van der Waals surface area (Å²) in [4.78, 5) is 28.5. The van der Waals surface area contributed by atoms with Crippen molar-refractivity contribution in [1.29, 1.82) is 0 Å². The van der Waals surface area contributed by atoms with E-state index in [1.807, 2.05) is 0 Å². The van der Waals surface area contributed by atoms with Crippen molar-refractivity contribution in [3.8, 4) is 0 Å². The van der Waals surface area contributed by atoms with Crippen molar-refractivity contribution in [1.82, 2.24) is 9.29 Å². The summed E-state index contributed by atoms with van der Waals surface area (Å²) in [6.45, 7) is 1.65. The standard InChI is InChI=1S/C16H15N3O6S2/c1-3-24-16(21)25-13-10-6-4-5-7-11(10)27(22,23)19(2)12(13)14(20)18-15-17-8-9-26-15/h4-9H,3H2,1-2H3,(H,17,18,20). The van der Waals surface area contributed by atoms with Gasteiger partial charge in [0.2, 0.25) is 0 Å². The zero-order chi connectivity index (χ0) is 19.6. The molecule has 11 heteroatoms. The molecule has 1 N–H and O–H groups in total. The van der Waals surface area contributed by atoms with Crippen LogP contribution in [-0.2, 0) is 24.3 Å². The fraction of sp³-hybridized carbons (Fsp3) is 0.188. The molecule has 2 heterocycles. The molecule has 0 radical (unpaired) electrons. The van der Waals surface area contributed by atoms with Gasteiger partial charge in [-0.05, 0) is 19.1 Å². The highest BCUT2D eigenvalue weighted by Gasteiger charge is 2.39. The number of sulfonamides is 1. The summed E-state index contributed by atoms with van der Waals surface area (Å²) in [7, 11) is -2.80. The van der Waals surface area contributed by atoms with Gasteiger partial charge in [-0.15, -0.1) is 11.3 Å². The first-order valence-corrected chi connectivity index (χ1v) is 10.1. The van der Waals surface area contributed by atoms with E-state index in [1.165, 1.54) is 31.4 Å². The number of thiazole rings is 1. The number of fused-ring (bicyclic) bond motifs is 1. The van der Waals surface area contributed by atoms with E-state index in [0.717, 1.165) is 15.6 Å². The number of likely N-dealkylation sites (N-methyl/N-ethyl adjacent to an activating group) is 1. The van der Waals surface area contributed by atoms with Gasteiger partial charge in [0, 0.05) is 24.2 Å². The van der Waals surface area contributed by atoms with Crippen LogP contribution in [0.1, 0.15) is 12.5 Å². The Labute approximate surface area is 159 Å². The molecule has 3 rings (SSSR count). The molecule has 0 saturated heterocycles. The predicted molar refractivity (Wildman–Crippen MR) is 97.2 cm³/mol. The van der Waals surface area contributed by atoms with Crippen molar-refractivity contribution in [2.24, 2.45) is 0 Å². The van der Waals surface area contributed by atoms with Crippen molar-refractivity contribution in [2.75, 3.05) is 19.0 Å². The monoisotopic (exact) mass is 409 g/mol. The summed E-state index contributed by atoms with van der Waals surface area (Å²) in [5.41, 5.74) is -0.259. The molecule has 1 aromatic heterocycles. The number of nitrogens with zero attached hydrogens (tertiary/aromatic N) is 2. The van der Waals surface area contributed by atoms with E-state index in [9.17, 15) is 18.0 Å². The van der Waals surface area contributed by atoms with Crippen LogP contribution in [0.5, 0.6) is 0 Å². The number of aromatic nitrogens is 1. The molecule has 0 bridgehead atoms. The van der Waals surface area contributed by atoms with E-state index in [2.05, 4.69) is 10.3 Å². The Balaban J connectivity index is 2.15. The van der Waals surface area contributed by atoms with Crippen molar-refractivity contribution in [2.45, 2.75) is 11.8 Å². The Morgan fingerprint density at radius 1 is 1.30 bits per heavy atom. The Bertz CT molecular complexity index is 1010. The Morgan fingerprint density at radius 2 is 2.04 bits per heavy atom. The van der Waals surface area contributed by atoms with Crippen molar-refractivity contribution in [3.05, 3.63) is 47.1 Å². The van der Waals surface area contributed by atoms with Gasteiger partial charge in [-0.3, -0.25) is 14.4 Å². The Hall–Kier alpha value is -2.92. The van der Waals surface area contributed by atoms with E-state index in [1.54, 1.807) is 18.4 Å². The molecule has 9 nitrogen and oxygen atoms in total. The van der Waals surface area contributed by atoms with E-state index >= 15 is 0 Å². The quantitative estimate of drug-likeness (QED) is 0.770. The molecule has 0 fully saturated rings. The zero-order valence-electron chi connectivity index (χ0n) is 14.3. The maximum atomic E-state index is 12.8. The molecule has 27 heavy (non-hydrogen) atoms. The van der Waals surface area contributed by atoms with Crippen molar-refractivity contribution in [3.63, 3.8) is 0 Å². The van der Waals surface area contributed by atoms with Gasteiger partial charge in [-0.1, -0.05) is 12.1 Å². The van der Waals surface area contributed by atoms with Crippen LogP contribution in [-0.4, -0.2) is 43.4 Å². The minimum Gasteiger partial charge on any atom is -0.434 e. The van der Waals surface area contributed by atoms with Gasteiger partial charge in [-0.2, -0.15) is 0 Å². The summed E-state index contributed by atoms with van der Waals surface area (Å²) in [6.07, 6.45) is 0.441. The van der Waals surface area contributed by atoms with Gasteiger partial charge in [0.25, 0.3) is 15.9 Å². The highest BCUT2D eigenvalue weighted by Crippen LogP contribution is 2.37. The number of carbonyl (C=O) groups excluding carboxylic acids is 2. The molecule has 1 aliphatic rings. The van der Waals surface area contributed by atoms with E-state index in [0.29, 0.717) is 0 Å². The third-order valence-corrected chi connectivity index (χ3v) is 6.12. The van der Waals surface area contributed by atoms with Gasteiger partial charge in [0.1, 0.15) is 0 Å². The average molecular weight is 409 g/mol. The third-order valence-electron chi connectivity index (χ3n) is 3.62. The molecule has 2 aromatic rings. The molecule has 0 saturated carbocycles. The van der Waals surface area contributed by atoms with E-state index < -0.39 is 22.1 Å². The predicted octanol–water partition coefficient (Wildman–Crippen LogP) is 2.26. The van der Waals surface area contributed by atoms with E-state index in [4.69, 9.17) is 9.47 Å². The number of rotatable bonds is 4. The zero-order valence-corrected chi connectivity index (χ0v) is 16.0. The summed E-state index contributed by atoms with van der Waals surface area (Å²) < 4.78 is 36.4. The third kappa shape index (κ3) is 3.51. The van der Waals surface area contributed by atoms with Crippen LogP contribution in [0.15, 0.2) is 46.4 Å². The van der Waals surface area contributed by atoms with Crippen molar-refractivity contribution >= 4 is 44.3 Å². The maximum absolute atomic E-state index is 12.8. The minimum absolute atomic E-state index is 0.0581. The average Bonchev–Trinajstić information content (AvgIpc) is 3.13. The van der Waals surface area contributed by atoms with Gasteiger partial charge in [-0.25, -0.2) is 18.2 Å². The van der Waals surface area contributed by atoms with Crippen LogP contribution in [0.4, 0.5) is 9.93 Å². The summed E-state index contributed by atoms with van der Waals surface area (Å²) >= 11 is 1.16. The number of ether oxygens (including phenoxy) is 2. The van der Waals surface area contributed by atoms with Crippen molar-refractivity contribution < 1.29 is 27.5 Å². The van der Waals surface area contributed by atoms with Gasteiger partial charge in [0.15, 0.2) is 16.6 Å². The van der Waals surface area contributed by atoms with Crippen LogP contribution < -0.4 is 5.32 Å². The Kier molecular flexibility index (Phi) is 5.15. The second-order valence-electron chi connectivity index (χ2n) is 5.22. The second-order valence-corrected chi connectivity index (χ2v) is 8.06.